The van der Waals surface area contributed by atoms with Crippen LogP contribution in [0, 0.1) is 0 Å². The van der Waals surface area contributed by atoms with E-state index in [1.807, 2.05) is 0 Å². The number of halogens is 3. The van der Waals surface area contributed by atoms with E-state index in [4.69, 9.17) is 20.7 Å². The average molecular weight is 335 g/mol. The number of rotatable bonds is 2. The quantitative estimate of drug-likeness (QED) is 0.297. The van der Waals surface area contributed by atoms with Gasteiger partial charge in [-0.25, -0.2) is 0 Å². The fraction of sp³-hybridized carbons (Fsp3) is 0.600. The average Bonchev–Trinajstić information content (AvgIpc) is 1.85. The zero-order valence-electron chi connectivity index (χ0n) is 9.18. The van der Waals surface area contributed by atoms with Crippen molar-refractivity contribution < 1.29 is 104 Å². The minimum atomic E-state index is -1.00. The number of aliphatic carboxylic acids is 2. The largest absolute Gasteiger partial charge is 1.00 e. The van der Waals surface area contributed by atoms with Crippen molar-refractivity contribution in [2.24, 2.45) is 5.73 Å². The third-order valence-electron chi connectivity index (χ3n) is 0.514. The predicted molar refractivity (Wildman–Crippen MR) is 50.0 cm³/mol. The Labute approximate surface area is 163 Å². The molecule has 11 heteroatoms. The number of thiol groups is 1. The number of hydrogen-bond donors (Lipinski definition) is 4. The van der Waals surface area contributed by atoms with E-state index in [-0.39, 0.29) is 102 Å². The first kappa shape index (κ1) is 42.9. The number of carboxylic acid groups (broad SMARTS) is 2. The minimum Gasteiger partial charge on any atom is -1.00 e. The molecule has 0 aliphatic rings. The van der Waals surface area contributed by atoms with Gasteiger partial charge >= 0.3 is 65.1 Å². The molecule has 1 unspecified atom stereocenters. The molecular weight excluding hydrogens is 322 g/mol. The second kappa shape index (κ2) is 30.3. The molecule has 0 amide bonds. The molecule has 5 nitrogen and oxygen atoms in total. The molecule has 0 fully saturated rings. The van der Waals surface area contributed by atoms with Crippen LogP contribution in [-0.4, -0.2) is 33.9 Å². The van der Waals surface area contributed by atoms with Crippen molar-refractivity contribution in [3.05, 3.63) is 0 Å². The molecule has 4 N–H and O–H groups in total. The minimum absolute atomic E-state index is 0. The maximum Gasteiger partial charge on any atom is 1.00 e. The Morgan fingerprint density at radius 1 is 1.25 bits per heavy atom. The van der Waals surface area contributed by atoms with Gasteiger partial charge in [0.2, 0.25) is 0 Å². The molecular formula is C5H12Cl3NNa2O4S. The first-order valence-electron chi connectivity index (χ1n) is 2.70. The first-order valence-corrected chi connectivity index (χ1v) is 3.33. The van der Waals surface area contributed by atoms with Gasteiger partial charge in [0.1, 0.15) is 6.04 Å². The summed E-state index contributed by atoms with van der Waals surface area (Å²) in [6, 6.07) is -0.816. The first-order chi connectivity index (χ1) is 4.91. The van der Waals surface area contributed by atoms with Crippen molar-refractivity contribution in [1.82, 2.24) is 0 Å². The van der Waals surface area contributed by atoms with Crippen LogP contribution in [0.1, 0.15) is 6.92 Å². The summed E-state index contributed by atoms with van der Waals surface area (Å²) in [4.78, 5) is 18.8. The van der Waals surface area contributed by atoms with Gasteiger partial charge in [0, 0.05) is 12.7 Å². The Morgan fingerprint density at radius 3 is 1.44 bits per heavy atom. The summed E-state index contributed by atoms with van der Waals surface area (Å²) in [5.74, 6) is -1.65. The molecule has 0 aliphatic heterocycles. The van der Waals surface area contributed by atoms with Gasteiger partial charge in [-0.05, 0) is 0 Å². The standard InChI is InChI=1S/C3H7NO2S.C2H4O2.3ClH.2Na/c4-2(1-7)3(5)6;1-2(3)4;;;;;/h2,7H,1,4H2,(H,5,6);1H3,(H,3,4);3*1H;;/q;;;;;2*+1/p-2. The molecule has 0 aromatic heterocycles. The molecule has 0 saturated heterocycles. The molecule has 0 spiro atoms. The van der Waals surface area contributed by atoms with Gasteiger partial charge in [0.05, 0.1) is 0 Å². The van der Waals surface area contributed by atoms with Crippen LogP contribution in [0.3, 0.4) is 0 Å². The van der Waals surface area contributed by atoms with Crippen LogP contribution in [0.15, 0.2) is 0 Å². The van der Waals surface area contributed by atoms with E-state index in [2.05, 4.69) is 12.6 Å². The summed E-state index contributed by atoms with van der Waals surface area (Å²) in [5, 5.41) is 15.4. The molecule has 90 valence electrons. The third-order valence-corrected chi connectivity index (χ3v) is 0.907. The molecule has 0 radical (unpaired) electrons. The molecule has 0 aromatic rings. The maximum atomic E-state index is 9.76. The van der Waals surface area contributed by atoms with Gasteiger partial charge in [0.25, 0.3) is 5.97 Å². The Morgan fingerprint density at radius 2 is 1.44 bits per heavy atom. The van der Waals surface area contributed by atoms with Crippen LogP contribution in [0.25, 0.3) is 0 Å². The van der Waals surface area contributed by atoms with Gasteiger partial charge in [-0.15, -0.1) is 12.4 Å². The van der Waals surface area contributed by atoms with Crippen molar-refractivity contribution in [3.8, 4) is 0 Å². The zero-order valence-corrected chi connectivity index (χ0v) is 16.4. The van der Waals surface area contributed by atoms with Crippen LogP contribution in [0.2, 0.25) is 0 Å². The zero-order chi connectivity index (χ0) is 9.44. The van der Waals surface area contributed by atoms with Crippen molar-refractivity contribution in [3.63, 3.8) is 0 Å². The normalized spacial score (nSPS) is 7.44. The fourth-order valence-electron chi connectivity index (χ4n) is 0.0781. The van der Waals surface area contributed by atoms with Crippen LogP contribution in [0.5, 0.6) is 0 Å². The summed E-state index contributed by atoms with van der Waals surface area (Å²) in [6.07, 6.45) is 0. The van der Waals surface area contributed by atoms with Crippen molar-refractivity contribution in [1.29, 1.82) is 0 Å². The Bertz CT molecular complexity index is 154. The molecule has 0 bridgehead atoms. The van der Waals surface area contributed by atoms with Crippen LogP contribution in [-0.2, 0) is 9.59 Å². The van der Waals surface area contributed by atoms with E-state index in [1.165, 1.54) is 0 Å². The number of carboxylic acids is 2. The molecule has 0 aromatic carbocycles. The van der Waals surface area contributed by atoms with Crippen LogP contribution < -0.4 is 89.7 Å². The molecule has 16 heavy (non-hydrogen) atoms. The van der Waals surface area contributed by atoms with Crippen molar-refractivity contribution in [2.75, 3.05) is 5.75 Å². The van der Waals surface area contributed by atoms with Crippen molar-refractivity contribution >= 4 is 37.0 Å². The Hall–Kier alpha value is 2.12. The van der Waals surface area contributed by atoms with Crippen LogP contribution >= 0.6 is 25.0 Å². The fourth-order valence-corrected chi connectivity index (χ4v) is 0.234. The summed E-state index contributed by atoms with van der Waals surface area (Å²) in [7, 11) is 0. The summed E-state index contributed by atoms with van der Waals surface area (Å²) >= 11 is 3.65. The third kappa shape index (κ3) is 55.9. The topological polar surface area (TPSA) is 101 Å². The van der Waals surface area contributed by atoms with E-state index >= 15 is 0 Å². The Balaban J connectivity index is -0.0000000165. The van der Waals surface area contributed by atoms with E-state index in [9.17, 15) is 4.79 Å². The second-order valence-corrected chi connectivity index (χ2v) is 2.01. The van der Waals surface area contributed by atoms with Gasteiger partial charge in [0.15, 0.2) is 0 Å². The van der Waals surface area contributed by atoms with E-state index in [1.54, 1.807) is 0 Å². The summed E-state index contributed by atoms with van der Waals surface area (Å²) in [6.45, 7) is 1.08. The van der Waals surface area contributed by atoms with Crippen molar-refractivity contribution in [2.45, 2.75) is 13.0 Å². The number of carbonyl (C=O) groups is 2. The SMILES string of the molecule is CC(=O)O.Cl.NC(CS)C(=O)O.[Cl-].[Cl-].[Na+].[Na+]. The molecule has 0 aliphatic carbocycles. The molecule has 1 atom stereocenters. The number of hydrogen-bond acceptors (Lipinski definition) is 4. The monoisotopic (exact) mass is 333 g/mol. The predicted octanol–water partition coefficient (Wildman–Crippen LogP) is -12.1. The van der Waals surface area contributed by atoms with E-state index < -0.39 is 18.0 Å². The molecule has 0 rings (SSSR count). The maximum absolute atomic E-state index is 9.76. The molecule has 0 heterocycles. The van der Waals surface area contributed by atoms with E-state index in [0.717, 1.165) is 6.92 Å². The van der Waals surface area contributed by atoms with Gasteiger partial charge < -0.3 is 40.8 Å². The molecule has 0 saturated carbocycles. The Kier molecular flexibility index (Phi) is 81.3. The summed E-state index contributed by atoms with van der Waals surface area (Å²) in [5.41, 5.74) is 4.94. The van der Waals surface area contributed by atoms with Gasteiger partial charge in [-0.1, -0.05) is 0 Å². The van der Waals surface area contributed by atoms with Gasteiger partial charge in [-0.2, -0.15) is 12.6 Å². The van der Waals surface area contributed by atoms with Gasteiger partial charge in [-0.3, -0.25) is 9.59 Å². The van der Waals surface area contributed by atoms with Crippen LogP contribution in [0.4, 0.5) is 0 Å². The van der Waals surface area contributed by atoms with E-state index in [0.29, 0.717) is 0 Å². The summed E-state index contributed by atoms with van der Waals surface area (Å²) < 4.78 is 0. The number of nitrogens with two attached hydrogens (primary N) is 1. The smallest absolute Gasteiger partial charge is 1.00 e. The second-order valence-electron chi connectivity index (χ2n) is 1.65.